The third-order valence-corrected chi connectivity index (χ3v) is 4.84. The Balaban J connectivity index is 1.68. The fraction of sp³-hybridized carbons (Fsp3) is 0.190. The number of anilines is 1. The van der Waals surface area contributed by atoms with Crippen molar-refractivity contribution >= 4 is 34.3 Å². The molecule has 0 aliphatic heterocycles. The number of nitrogens with one attached hydrogen (secondary N) is 1. The summed E-state index contributed by atoms with van der Waals surface area (Å²) in [6.45, 7) is 4.52. The van der Waals surface area contributed by atoms with Crippen LogP contribution in [-0.2, 0) is 4.79 Å². The zero-order valence-electron chi connectivity index (χ0n) is 15.2. The van der Waals surface area contributed by atoms with Crippen LogP contribution >= 0.6 is 11.8 Å². The summed E-state index contributed by atoms with van der Waals surface area (Å²) in [5.74, 6) is 0.782. The van der Waals surface area contributed by atoms with Crippen LogP contribution < -0.4 is 10.1 Å². The van der Waals surface area contributed by atoms with Crippen LogP contribution in [0.15, 0.2) is 53.6 Å². The van der Waals surface area contributed by atoms with Crippen LogP contribution in [0.3, 0.4) is 0 Å². The minimum Gasteiger partial charge on any atom is -0.494 e. The Hall–Kier alpha value is -3.04. The molecule has 6 heteroatoms. The van der Waals surface area contributed by atoms with Gasteiger partial charge in [0, 0.05) is 11.1 Å². The molecule has 0 radical (unpaired) electrons. The monoisotopic (exact) mass is 377 g/mol. The van der Waals surface area contributed by atoms with Gasteiger partial charge in [0.2, 0.25) is 5.91 Å². The fourth-order valence-corrected chi connectivity index (χ4v) is 3.34. The predicted molar refractivity (Wildman–Crippen MR) is 108 cm³/mol. The van der Waals surface area contributed by atoms with Crippen LogP contribution in [0, 0.1) is 18.3 Å². The fourth-order valence-electron chi connectivity index (χ4n) is 2.58. The molecule has 0 bridgehead atoms. The normalized spacial score (nSPS) is 10.4. The number of carbonyl (C=O) groups is 1. The Kier molecular flexibility index (Phi) is 5.94. The van der Waals surface area contributed by atoms with Gasteiger partial charge >= 0.3 is 0 Å². The number of hydrogen-bond donors (Lipinski definition) is 1. The van der Waals surface area contributed by atoms with Crippen LogP contribution in [0.4, 0.5) is 5.69 Å². The van der Waals surface area contributed by atoms with E-state index in [1.165, 1.54) is 11.8 Å². The van der Waals surface area contributed by atoms with E-state index in [9.17, 15) is 10.1 Å². The van der Waals surface area contributed by atoms with E-state index >= 15 is 0 Å². The third-order valence-electron chi connectivity index (χ3n) is 3.85. The van der Waals surface area contributed by atoms with Gasteiger partial charge in [-0.05, 0) is 55.8 Å². The minimum atomic E-state index is -0.154. The molecule has 3 rings (SSSR count). The first kappa shape index (κ1) is 18.7. The number of pyridine rings is 1. The number of amides is 1. The zero-order chi connectivity index (χ0) is 19.2. The summed E-state index contributed by atoms with van der Waals surface area (Å²) in [5.41, 5.74) is 3.10. The molecule has 0 saturated carbocycles. The summed E-state index contributed by atoms with van der Waals surface area (Å²) >= 11 is 1.26. The topological polar surface area (TPSA) is 75.0 Å². The van der Waals surface area contributed by atoms with Gasteiger partial charge in [-0.15, -0.1) is 0 Å². The lowest BCUT2D eigenvalue weighted by molar-refractivity contribution is -0.113. The highest BCUT2D eigenvalue weighted by Gasteiger charge is 2.11. The number of nitrogens with zero attached hydrogens (tertiary/aromatic N) is 2. The van der Waals surface area contributed by atoms with Crippen molar-refractivity contribution in [1.29, 1.82) is 5.26 Å². The number of thioether (sulfide) groups is 1. The Morgan fingerprint density at radius 1 is 1.22 bits per heavy atom. The van der Waals surface area contributed by atoms with Crippen molar-refractivity contribution in [2.24, 2.45) is 0 Å². The number of aryl methyl sites for hydroxylation is 1. The molecule has 2 aromatic carbocycles. The van der Waals surface area contributed by atoms with Crippen LogP contribution in [0.25, 0.3) is 10.9 Å². The Morgan fingerprint density at radius 2 is 2.00 bits per heavy atom. The highest BCUT2D eigenvalue weighted by atomic mass is 32.2. The van der Waals surface area contributed by atoms with E-state index in [4.69, 9.17) is 4.74 Å². The van der Waals surface area contributed by atoms with Gasteiger partial charge in [-0.25, -0.2) is 4.98 Å². The van der Waals surface area contributed by atoms with Crippen LogP contribution in [-0.4, -0.2) is 23.3 Å². The maximum atomic E-state index is 12.2. The average molecular weight is 377 g/mol. The van der Waals surface area contributed by atoms with Crippen molar-refractivity contribution in [1.82, 2.24) is 4.98 Å². The second-order valence-electron chi connectivity index (χ2n) is 5.94. The van der Waals surface area contributed by atoms with E-state index in [1.54, 1.807) is 12.1 Å². The molecule has 0 aliphatic carbocycles. The maximum absolute atomic E-state index is 12.2. The first-order chi connectivity index (χ1) is 13.1. The summed E-state index contributed by atoms with van der Waals surface area (Å²) in [6, 6.07) is 17.1. The number of aromatic nitrogens is 1. The standard InChI is InChI=1S/C21H19N3O2S/c1-3-26-18-8-6-17(7-9-18)23-20(25)13-27-21-16(12-22)11-15-5-4-14(2)10-19(15)24-21/h4-11H,3,13H2,1-2H3,(H,23,25). The molecular formula is C21H19N3O2S. The molecule has 136 valence electrons. The summed E-state index contributed by atoms with van der Waals surface area (Å²) in [7, 11) is 0. The highest BCUT2D eigenvalue weighted by molar-refractivity contribution is 8.00. The smallest absolute Gasteiger partial charge is 0.234 e. The van der Waals surface area contributed by atoms with E-state index in [-0.39, 0.29) is 11.7 Å². The van der Waals surface area contributed by atoms with Gasteiger partial charge < -0.3 is 10.1 Å². The molecular weight excluding hydrogens is 358 g/mol. The lowest BCUT2D eigenvalue weighted by atomic mass is 10.1. The molecule has 1 N–H and O–H groups in total. The first-order valence-electron chi connectivity index (χ1n) is 8.56. The van der Waals surface area contributed by atoms with E-state index in [1.807, 2.05) is 50.2 Å². The number of ether oxygens (including phenoxy) is 1. The third kappa shape index (κ3) is 4.78. The Bertz CT molecular complexity index is 1010. The zero-order valence-corrected chi connectivity index (χ0v) is 16.0. The van der Waals surface area contributed by atoms with Crippen molar-refractivity contribution in [3.63, 3.8) is 0 Å². The van der Waals surface area contributed by atoms with Gasteiger partial charge in [-0.1, -0.05) is 23.9 Å². The number of fused-ring (bicyclic) bond motifs is 1. The molecule has 0 unspecified atom stereocenters. The molecule has 1 aromatic heterocycles. The van der Waals surface area contributed by atoms with Crippen LogP contribution in [0.2, 0.25) is 0 Å². The first-order valence-corrected chi connectivity index (χ1v) is 9.54. The number of rotatable bonds is 6. The molecule has 0 aliphatic rings. The van der Waals surface area contributed by atoms with Crippen LogP contribution in [0.5, 0.6) is 5.75 Å². The average Bonchev–Trinajstić information content (AvgIpc) is 2.67. The van der Waals surface area contributed by atoms with Gasteiger partial charge in [-0.2, -0.15) is 5.26 Å². The van der Waals surface area contributed by atoms with Gasteiger partial charge in [0.15, 0.2) is 0 Å². The summed E-state index contributed by atoms with van der Waals surface area (Å²) in [4.78, 5) is 16.8. The van der Waals surface area contributed by atoms with Crippen molar-refractivity contribution < 1.29 is 9.53 Å². The molecule has 3 aromatic rings. The molecule has 1 heterocycles. The molecule has 0 saturated heterocycles. The van der Waals surface area contributed by atoms with Crippen LogP contribution in [0.1, 0.15) is 18.1 Å². The maximum Gasteiger partial charge on any atom is 0.234 e. The minimum absolute atomic E-state index is 0.154. The molecule has 0 atom stereocenters. The lowest BCUT2D eigenvalue weighted by Crippen LogP contribution is -2.14. The largest absolute Gasteiger partial charge is 0.494 e. The Labute approximate surface area is 162 Å². The molecule has 27 heavy (non-hydrogen) atoms. The van der Waals surface area contributed by atoms with Gasteiger partial charge in [0.05, 0.1) is 23.4 Å². The van der Waals surface area contributed by atoms with Crippen molar-refractivity contribution in [2.45, 2.75) is 18.9 Å². The number of carbonyl (C=O) groups excluding carboxylic acids is 1. The van der Waals surface area contributed by atoms with Crippen molar-refractivity contribution in [2.75, 3.05) is 17.7 Å². The molecule has 0 fully saturated rings. The van der Waals surface area contributed by atoms with Gasteiger partial charge in [-0.3, -0.25) is 4.79 Å². The highest BCUT2D eigenvalue weighted by Crippen LogP contribution is 2.25. The van der Waals surface area contributed by atoms with E-state index in [0.29, 0.717) is 22.9 Å². The SMILES string of the molecule is CCOc1ccc(NC(=O)CSc2nc3cc(C)ccc3cc2C#N)cc1. The quantitative estimate of drug-likeness (QED) is 0.638. The summed E-state index contributed by atoms with van der Waals surface area (Å²) in [5, 5.41) is 13.7. The molecule has 1 amide bonds. The second-order valence-corrected chi connectivity index (χ2v) is 6.91. The Morgan fingerprint density at radius 3 is 2.70 bits per heavy atom. The number of hydrogen-bond acceptors (Lipinski definition) is 5. The van der Waals surface area contributed by atoms with E-state index in [0.717, 1.165) is 22.2 Å². The second kappa shape index (κ2) is 8.56. The predicted octanol–water partition coefficient (Wildman–Crippen LogP) is 4.54. The molecule has 0 spiro atoms. The van der Waals surface area contributed by atoms with Crippen molar-refractivity contribution in [3.8, 4) is 11.8 Å². The van der Waals surface area contributed by atoms with E-state index < -0.39 is 0 Å². The van der Waals surface area contributed by atoms with E-state index in [2.05, 4.69) is 16.4 Å². The number of benzene rings is 2. The summed E-state index contributed by atoms with van der Waals surface area (Å²) < 4.78 is 5.38. The number of nitriles is 1. The van der Waals surface area contributed by atoms with Gasteiger partial charge in [0.1, 0.15) is 16.8 Å². The summed E-state index contributed by atoms with van der Waals surface area (Å²) in [6.07, 6.45) is 0. The van der Waals surface area contributed by atoms with Gasteiger partial charge in [0.25, 0.3) is 0 Å². The van der Waals surface area contributed by atoms with Crippen molar-refractivity contribution in [3.05, 3.63) is 59.7 Å². The lowest BCUT2D eigenvalue weighted by Gasteiger charge is -2.08. The molecule has 5 nitrogen and oxygen atoms in total.